The van der Waals surface area contributed by atoms with Gasteiger partial charge in [0.1, 0.15) is 4.90 Å². The number of amides is 1. The van der Waals surface area contributed by atoms with Gasteiger partial charge in [0, 0.05) is 5.56 Å². The summed E-state index contributed by atoms with van der Waals surface area (Å²) in [6, 6.07) is 26.7. The molecular weight excluding hydrogens is 515 g/mol. The van der Waals surface area contributed by atoms with Gasteiger partial charge in [0.15, 0.2) is 10.1 Å². The van der Waals surface area contributed by atoms with Crippen molar-refractivity contribution < 1.29 is 17.4 Å². The number of thiazole rings is 1. The molecule has 0 atom stereocenters. The van der Waals surface area contributed by atoms with E-state index in [1.807, 2.05) is 48.5 Å². The van der Waals surface area contributed by atoms with Crippen LogP contribution in [0.15, 0.2) is 105 Å². The number of nitrogens with zero attached hydrogens (tertiary/aromatic N) is 2. The molecule has 0 unspecified atom stereocenters. The van der Waals surface area contributed by atoms with Crippen molar-refractivity contribution in [2.75, 3.05) is 5.75 Å². The van der Waals surface area contributed by atoms with E-state index in [9.17, 15) is 13.2 Å². The molecule has 36 heavy (non-hydrogen) atoms. The summed E-state index contributed by atoms with van der Waals surface area (Å²) < 4.78 is 33.1. The molecular formula is C26H19N3O4S3. The number of aromatic nitrogens is 1. The van der Waals surface area contributed by atoms with Crippen molar-refractivity contribution in [1.29, 1.82) is 0 Å². The number of para-hydroxylation sites is 2. The minimum absolute atomic E-state index is 0.0492. The molecule has 1 N–H and O–H groups in total. The van der Waals surface area contributed by atoms with Gasteiger partial charge in [-0.25, -0.2) is 10.4 Å². The van der Waals surface area contributed by atoms with Crippen LogP contribution >= 0.6 is 23.1 Å². The van der Waals surface area contributed by atoms with E-state index in [2.05, 4.69) is 15.5 Å². The van der Waals surface area contributed by atoms with Gasteiger partial charge in [-0.1, -0.05) is 66.4 Å². The second-order valence-corrected chi connectivity index (χ2v) is 11.4. The van der Waals surface area contributed by atoms with Crippen LogP contribution in [0.2, 0.25) is 0 Å². The quantitative estimate of drug-likeness (QED) is 0.123. The van der Waals surface area contributed by atoms with Crippen LogP contribution in [0, 0.1) is 0 Å². The number of carbonyl (C=O) groups excluding carboxylic acids is 1. The van der Waals surface area contributed by atoms with Crippen molar-refractivity contribution in [3.8, 4) is 5.75 Å². The molecule has 0 fully saturated rings. The zero-order valence-electron chi connectivity index (χ0n) is 18.7. The predicted octanol–water partition coefficient (Wildman–Crippen LogP) is 5.46. The fourth-order valence-electron chi connectivity index (χ4n) is 3.40. The van der Waals surface area contributed by atoms with Gasteiger partial charge < -0.3 is 4.18 Å². The zero-order valence-corrected chi connectivity index (χ0v) is 21.1. The first-order valence-electron chi connectivity index (χ1n) is 10.8. The zero-order chi connectivity index (χ0) is 25.0. The van der Waals surface area contributed by atoms with Crippen molar-refractivity contribution in [3.05, 3.63) is 96.6 Å². The highest BCUT2D eigenvalue weighted by molar-refractivity contribution is 8.01. The van der Waals surface area contributed by atoms with E-state index < -0.39 is 10.1 Å². The van der Waals surface area contributed by atoms with Gasteiger partial charge in [0.25, 0.3) is 5.91 Å². The van der Waals surface area contributed by atoms with E-state index in [1.165, 1.54) is 41.4 Å². The standard InChI is InChI=1S/C26H19N3O4S3/c30-25(17-34-26-28-22-10-4-6-12-24(22)35-26)29-27-16-20-9-3-5-11-23(20)33-36(31,32)21-14-13-18-7-1-2-8-19(18)15-21/h1-16H,17H2,(H,29,30)/b27-16-. The van der Waals surface area contributed by atoms with Crippen molar-refractivity contribution >= 4 is 66.3 Å². The molecule has 0 saturated heterocycles. The monoisotopic (exact) mass is 533 g/mol. The van der Waals surface area contributed by atoms with E-state index in [0.29, 0.717) is 5.56 Å². The Morgan fingerprint density at radius 1 is 0.972 bits per heavy atom. The number of carbonyl (C=O) groups is 1. The van der Waals surface area contributed by atoms with Gasteiger partial charge in [0.05, 0.1) is 22.2 Å². The van der Waals surface area contributed by atoms with Crippen LogP contribution in [-0.2, 0) is 14.9 Å². The summed E-state index contributed by atoms with van der Waals surface area (Å²) in [4.78, 5) is 16.8. The molecule has 0 saturated carbocycles. The highest BCUT2D eigenvalue weighted by atomic mass is 32.2. The summed E-state index contributed by atoms with van der Waals surface area (Å²) in [6.07, 6.45) is 1.35. The van der Waals surface area contributed by atoms with E-state index in [0.717, 1.165) is 25.3 Å². The number of nitrogens with one attached hydrogen (secondary N) is 1. The predicted molar refractivity (Wildman–Crippen MR) is 144 cm³/mol. The third-order valence-electron chi connectivity index (χ3n) is 5.12. The summed E-state index contributed by atoms with van der Waals surface area (Å²) in [6.45, 7) is 0. The van der Waals surface area contributed by atoms with Gasteiger partial charge >= 0.3 is 10.1 Å². The molecule has 5 aromatic rings. The molecule has 1 heterocycles. The average molecular weight is 534 g/mol. The number of hydrazone groups is 1. The van der Waals surface area contributed by atoms with Crippen LogP contribution in [0.1, 0.15) is 5.56 Å². The number of thioether (sulfide) groups is 1. The second kappa shape index (κ2) is 10.5. The summed E-state index contributed by atoms with van der Waals surface area (Å²) in [7, 11) is -4.08. The number of rotatable bonds is 8. The molecule has 0 aliphatic carbocycles. The van der Waals surface area contributed by atoms with E-state index in [-0.39, 0.29) is 22.3 Å². The van der Waals surface area contributed by atoms with Crippen LogP contribution in [-0.4, -0.2) is 31.3 Å². The Balaban J connectivity index is 1.23. The molecule has 7 nitrogen and oxygen atoms in total. The molecule has 0 radical (unpaired) electrons. The first kappa shape index (κ1) is 24.0. The summed E-state index contributed by atoms with van der Waals surface area (Å²) >= 11 is 2.85. The summed E-state index contributed by atoms with van der Waals surface area (Å²) in [5, 5.41) is 5.70. The molecule has 1 aromatic heterocycles. The summed E-state index contributed by atoms with van der Waals surface area (Å²) in [5.41, 5.74) is 3.76. The number of benzene rings is 4. The minimum atomic E-state index is -4.08. The smallest absolute Gasteiger partial charge is 0.339 e. The third-order valence-corrected chi connectivity index (χ3v) is 8.53. The highest BCUT2D eigenvalue weighted by Gasteiger charge is 2.18. The number of hydrogen-bond donors (Lipinski definition) is 1. The lowest BCUT2D eigenvalue weighted by Gasteiger charge is -2.10. The lowest BCUT2D eigenvalue weighted by Crippen LogP contribution is -2.19. The Morgan fingerprint density at radius 3 is 2.58 bits per heavy atom. The fourth-order valence-corrected chi connectivity index (χ4v) is 6.25. The molecule has 5 rings (SSSR count). The average Bonchev–Trinajstić information content (AvgIpc) is 3.31. The lowest BCUT2D eigenvalue weighted by molar-refractivity contribution is -0.118. The molecule has 0 aliphatic rings. The maximum atomic E-state index is 12.9. The summed E-state index contributed by atoms with van der Waals surface area (Å²) in [5.74, 6) is -0.0590. The Morgan fingerprint density at radius 2 is 1.72 bits per heavy atom. The normalized spacial score (nSPS) is 11.8. The Hall–Kier alpha value is -3.73. The van der Waals surface area contributed by atoms with Crippen LogP contribution in [0.25, 0.3) is 21.0 Å². The second-order valence-electron chi connectivity index (χ2n) is 7.61. The van der Waals surface area contributed by atoms with Gasteiger partial charge in [-0.2, -0.15) is 13.5 Å². The highest BCUT2D eigenvalue weighted by Crippen LogP contribution is 2.29. The Labute approximate surface area is 216 Å². The van der Waals surface area contributed by atoms with Crippen molar-refractivity contribution in [2.24, 2.45) is 5.10 Å². The fraction of sp³-hybridized carbons (Fsp3) is 0.0385. The largest absolute Gasteiger partial charge is 0.378 e. The van der Waals surface area contributed by atoms with Gasteiger partial charge in [-0.15, -0.1) is 11.3 Å². The lowest BCUT2D eigenvalue weighted by atomic mass is 10.1. The number of hydrogen-bond acceptors (Lipinski definition) is 8. The first-order valence-corrected chi connectivity index (χ1v) is 14.0. The van der Waals surface area contributed by atoms with E-state index in [4.69, 9.17) is 4.18 Å². The minimum Gasteiger partial charge on any atom is -0.378 e. The van der Waals surface area contributed by atoms with E-state index >= 15 is 0 Å². The van der Waals surface area contributed by atoms with Crippen molar-refractivity contribution in [1.82, 2.24) is 10.4 Å². The topological polar surface area (TPSA) is 97.7 Å². The van der Waals surface area contributed by atoms with Crippen molar-refractivity contribution in [3.63, 3.8) is 0 Å². The van der Waals surface area contributed by atoms with Crippen LogP contribution in [0.4, 0.5) is 0 Å². The van der Waals surface area contributed by atoms with Crippen LogP contribution < -0.4 is 9.61 Å². The molecule has 10 heteroatoms. The van der Waals surface area contributed by atoms with E-state index in [1.54, 1.807) is 30.3 Å². The maximum Gasteiger partial charge on any atom is 0.339 e. The SMILES string of the molecule is O=C(CSc1nc2ccccc2s1)N/N=C\c1ccccc1OS(=O)(=O)c1ccc2ccccc2c1. The maximum absolute atomic E-state index is 12.9. The molecule has 0 spiro atoms. The molecule has 4 aromatic carbocycles. The molecule has 1 amide bonds. The van der Waals surface area contributed by atoms with Crippen molar-refractivity contribution in [2.45, 2.75) is 9.24 Å². The molecule has 180 valence electrons. The Bertz CT molecular complexity index is 1660. The number of fused-ring (bicyclic) bond motifs is 2. The van der Waals surface area contributed by atoms with Gasteiger partial charge in [-0.05, 0) is 47.2 Å². The first-order chi connectivity index (χ1) is 17.5. The van der Waals surface area contributed by atoms with Gasteiger partial charge in [0.2, 0.25) is 0 Å². The molecule has 0 aliphatic heterocycles. The Kier molecular flexibility index (Phi) is 6.99. The van der Waals surface area contributed by atoms with Gasteiger partial charge in [-0.3, -0.25) is 4.79 Å². The van der Waals surface area contributed by atoms with Crippen LogP contribution in [0.5, 0.6) is 5.75 Å². The third kappa shape index (κ3) is 5.56. The van der Waals surface area contributed by atoms with Crippen LogP contribution in [0.3, 0.4) is 0 Å². The molecule has 0 bridgehead atoms.